The van der Waals surface area contributed by atoms with Gasteiger partial charge in [-0.25, -0.2) is 14.4 Å². The zero-order chi connectivity index (χ0) is 13.6. The average Bonchev–Trinajstić information content (AvgIpc) is 2.08. The first-order valence-corrected chi connectivity index (χ1v) is 4.76. The molecule has 0 fully saturated rings. The van der Waals surface area contributed by atoms with Crippen LogP contribution in [-0.2, 0) is 14.3 Å². The minimum atomic E-state index is -1.41. The first kappa shape index (κ1) is 15.0. The maximum absolute atomic E-state index is 11.2. The SMILES string of the molecule is CC(C)(C)OC(=O)NC(COC(N)=O)C(=O)O. The molecule has 2 amide bonds. The van der Waals surface area contributed by atoms with Crippen LogP contribution in [0.2, 0.25) is 0 Å². The largest absolute Gasteiger partial charge is 0.480 e. The topological polar surface area (TPSA) is 128 Å². The lowest BCUT2D eigenvalue weighted by molar-refractivity contribution is -0.140. The molecule has 0 aliphatic heterocycles. The molecular weight excluding hydrogens is 232 g/mol. The van der Waals surface area contributed by atoms with Gasteiger partial charge in [0.1, 0.15) is 12.2 Å². The van der Waals surface area contributed by atoms with Crippen LogP contribution in [0.25, 0.3) is 0 Å². The van der Waals surface area contributed by atoms with E-state index in [2.05, 4.69) is 10.5 Å². The number of nitrogens with one attached hydrogen (secondary N) is 1. The van der Waals surface area contributed by atoms with Crippen LogP contribution in [0.1, 0.15) is 20.8 Å². The van der Waals surface area contributed by atoms with Crippen molar-refractivity contribution in [1.29, 1.82) is 0 Å². The van der Waals surface area contributed by atoms with Crippen LogP contribution in [-0.4, -0.2) is 41.5 Å². The molecule has 1 unspecified atom stereocenters. The highest BCUT2D eigenvalue weighted by Crippen LogP contribution is 2.06. The van der Waals surface area contributed by atoms with Crippen LogP contribution >= 0.6 is 0 Å². The molecule has 0 saturated carbocycles. The second kappa shape index (κ2) is 5.92. The number of primary amides is 1. The molecule has 8 nitrogen and oxygen atoms in total. The van der Waals surface area contributed by atoms with Crippen molar-refractivity contribution in [2.45, 2.75) is 32.4 Å². The van der Waals surface area contributed by atoms with Crippen molar-refractivity contribution in [1.82, 2.24) is 5.32 Å². The number of aliphatic carboxylic acids is 1. The lowest BCUT2D eigenvalue weighted by Gasteiger charge is -2.21. The molecule has 0 aromatic rings. The highest BCUT2D eigenvalue weighted by molar-refractivity contribution is 5.80. The molecule has 0 rings (SSSR count). The van der Waals surface area contributed by atoms with Crippen molar-refractivity contribution in [3.63, 3.8) is 0 Å². The van der Waals surface area contributed by atoms with Gasteiger partial charge in [0.25, 0.3) is 0 Å². The van der Waals surface area contributed by atoms with Crippen LogP contribution < -0.4 is 11.1 Å². The molecule has 0 saturated heterocycles. The summed E-state index contributed by atoms with van der Waals surface area (Å²) in [4.78, 5) is 32.3. The van der Waals surface area contributed by atoms with E-state index in [4.69, 9.17) is 9.84 Å². The molecule has 17 heavy (non-hydrogen) atoms. The van der Waals surface area contributed by atoms with Crippen molar-refractivity contribution < 1.29 is 29.0 Å². The number of carboxylic acids is 1. The van der Waals surface area contributed by atoms with Gasteiger partial charge in [-0.1, -0.05) is 0 Å². The number of carbonyl (C=O) groups excluding carboxylic acids is 2. The van der Waals surface area contributed by atoms with Gasteiger partial charge in [0.05, 0.1) is 0 Å². The second-order valence-electron chi connectivity index (χ2n) is 4.17. The molecule has 0 aliphatic rings. The molecule has 0 radical (unpaired) electrons. The van der Waals surface area contributed by atoms with E-state index in [-0.39, 0.29) is 0 Å². The van der Waals surface area contributed by atoms with Gasteiger partial charge < -0.3 is 25.6 Å². The number of alkyl carbamates (subject to hydrolysis) is 1. The Morgan fingerprint density at radius 1 is 1.35 bits per heavy atom. The predicted octanol–water partition coefficient (Wildman–Crippen LogP) is 0.0596. The van der Waals surface area contributed by atoms with Crippen LogP contribution in [0.3, 0.4) is 0 Å². The smallest absolute Gasteiger partial charge is 0.408 e. The van der Waals surface area contributed by atoms with Gasteiger partial charge in [-0.15, -0.1) is 0 Å². The molecule has 8 heteroatoms. The Hall–Kier alpha value is -1.99. The monoisotopic (exact) mass is 248 g/mol. The Balaban J connectivity index is 4.30. The third-order valence-electron chi connectivity index (χ3n) is 1.38. The molecule has 0 aromatic carbocycles. The Bertz CT molecular complexity index is 309. The first-order valence-electron chi connectivity index (χ1n) is 4.76. The summed E-state index contributed by atoms with van der Waals surface area (Å²) in [5.74, 6) is -1.36. The number of nitrogens with two attached hydrogens (primary N) is 1. The van der Waals surface area contributed by atoms with E-state index in [1.54, 1.807) is 20.8 Å². The van der Waals surface area contributed by atoms with Gasteiger partial charge in [-0.2, -0.15) is 0 Å². The van der Waals surface area contributed by atoms with Crippen molar-refractivity contribution in [3.05, 3.63) is 0 Å². The molecule has 0 bridgehead atoms. The van der Waals surface area contributed by atoms with Crippen molar-refractivity contribution >= 4 is 18.2 Å². The summed E-state index contributed by atoms with van der Waals surface area (Å²) in [5.41, 5.74) is 3.92. The molecule has 0 aliphatic carbocycles. The molecule has 4 N–H and O–H groups in total. The van der Waals surface area contributed by atoms with Crippen molar-refractivity contribution in [2.24, 2.45) is 5.73 Å². The fourth-order valence-electron chi connectivity index (χ4n) is 0.790. The standard InChI is InChI=1S/C9H16N2O6/c1-9(2,3)17-8(15)11-5(6(12)13)4-16-7(10)14/h5H,4H2,1-3H3,(H2,10,14)(H,11,15)(H,12,13). The zero-order valence-electron chi connectivity index (χ0n) is 9.85. The van der Waals surface area contributed by atoms with Gasteiger partial charge in [0, 0.05) is 0 Å². The normalized spacial score (nSPS) is 12.4. The summed E-state index contributed by atoms with van der Waals surface area (Å²) in [6.07, 6.45) is -2.04. The molecular formula is C9H16N2O6. The fourth-order valence-corrected chi connectivity index (χ4v) is 0.790. The predicted molar refractivity (Wildman–Crippen MR) is 56.3 cm³/mol. The Morgan fingerprint density at radius 2 is 1.88 bits per heavy atom. The highest BCUT2D eigenvalue weighted by Gasteiger charge is 2.24. The Kier molecular flexibility index (Phi) is 5.23. The van der Waals surface area contributed by atoms with Gasteiger partial charge in [0.2, 0.25) is 0 Å². The third kappa shape index (κ3) is 7.88. The van der Waals surface area contributed by atoms with E-state index in [0.29, 0.717) is 0 Å². The molecule has 1 atom stereocenters. The molecule has 0 spiro atoms. The minimum Gasteiger partial charge on any atom is -0.480 e. The van der Waals surface area contributed by atoms with Crippen LogP contribution in [0.5, 0.6) is 0 Å². The van der Waals surface area contributed by atoms with E-state index in [1.165, 1.54) is 0 Å². The van der Waals surface area contributed by atoms with Crippen LogP contribution in [0.4, 0.5) is 9.59 Å². The molecule has 0 aromatic heterocycles. The third-order valence-corrected chi connectivity index (χ3v) is 1.38. The van der Waals surface area contributed by atoms with E-state index in [0.717, 1.165) is 0 Å². The number of carboxylic acid groups (broad SMARTS) is 1. The quantitative estimate of drug-likeness (QED) is 0.645. The highest BCUT2D eigenvalue weighted by atomic mass is 16.6. The lowest BCUT2D eigenvalue weighted by Crippen LogP contribution is -2.46. The summed E-state index contributed by atoms with van der Waals surface area (Å²) >= 11 is 0. The number of ether oxygens (including phenoxy) is 2. The lowest BCUT2D eigenvalue weighted by atomic mass is 10.2. The van der Waals surface area contributed by atoms with Crippen molar-refractivity contribution in [2.75, 3.05) is 6.61 Å². The molecule has 0 heterocycles. The Labute approximate surface area is 98.1 Å². The number of carbonyl (C=O) groups is 3. The van der Waals surface area contributed by atoms with Gasteiger partial charge in [-0.3, -0.25) is 0 Å². The summed E-state index contributed by atoms with van der Waals surface area (Å²) in [6.45, 7) is 4.32. The maximum atomic E-state index is 11.2. The first-order chi connectivity index (χ1) is 7.61. The van der Waals surface area contributed by atoms with Gasteiger partial charge in [-0.05, 0) is 20.8 Å². The minimum absolute atomic E-state index is 0.566. The van der Waals surface area contributed by atoms with E-state index in [9.17, 15) is 14.4 Å². The van der Waals surface area contributed by atoms with Crippen LogP contribution in [0.15, 0.2) is 0 Å². The second-order valence-corrected chi connectivity index (χ2v) is 4.17. The van der Waals surface area contributed by atoms with E-state index < -0.39 is 36.4 Å². The van der Waals surface area contributed by atoms with Crippen LogP contribution in [0, 0.1) is 0 Å². The fraction of sp³-hybridized carbons (Fsp3) is 0.667. The Morgan fingerprint density at radius 3 is 2.24 bits per heavy atom. The molecule has 98 valence electrons. The van der Waals surface area contributed by atoms with E-state index >= 15 is 0 Å². The van der Waals surface area contributed by atoms with Gasteiger partial charge >= 0.3 is 18.2 Å². The van der Waals surface area contributed by atoms with E-state index in [1.807, 2.05) is 5.32 Å². The summed E-state index contributed by atoms with van der Waals surface area (Å²) < 4.78 is 9.12. The zero-order valence-corrected chi connectivity index (χ0v) is 9.85. The van der Waals surface area contributed by atoms with Gasteiger partial charge in [0.15, 0.2) is 6.04 Å². The summed E-state index contributed by atoms with van der Waals surface area (Å²) in [5, 5.41) is 10.8. The average molecular weight is 248 g/mol. The number of rotatable bonds is 4. The summed E-state index contributed by atoms with van der Waals surface area (Å²) in [7, 11) is 0. The summed E-state index contributed by atoms with van der Waals surface area (Å²) in [6, 6.07) is -1.41. The van der Waals surface area contributed by atoms with Crippen molar-refractivity contribution in [3.8, 4) is 0 Å². The number of amides is 2. The number of hydrogen-bond acceptors (Lipinski definition) is 5. The number of hydrogen-bond donors (Lipinski definition) is 3. The maximum Gasteiger partial charge on any atom is 0.408 e.